The highest BCUT2D eigenvalue weighted by Gasteiger charge is 2.30. The first-order valence-corrected chi connectivity index (χ1v) is 4.44. The summed E-state index contributed by atoms with van der Waals surface area (Å²) < 4.78 is 7.38. The molecule has 2 fully saturated rings. The Morgan fingerprint density at radius 1 is 1.67 bits per heavy atom. The monoisotopic (exact) mass is 164 g/mol. The van der Waals surface area contributed by atoms with Crippen LogP contribution in [-0.2, 0) is 3.63 Å². The van der Waals surface area contributed by atoms with Crippen molar-refractivity contribution in [2.45, 2.75) is 5.37 Å². The number of fused-ring (bicyclic) bond motifs is 1. The van der Waals surface area contributed by atoms with Gasteiger partial charge in [-0.1, -0.05) is 0 Å². The summed E-state index contributed by atoms with van der Waals surface area (Å²) in [5.41, 5.74) is 0. The molecule has 1 unspecified atom stereocenters. The summed E-state index contributed by atoms with van der Waals surface area (Å²) >= 11 is 3.04. The molecule has 1 N–H and O–H groups in total. The Balaban J connectivity index is 1.97. The molecule has 2 aliphatic heterocycles. The van der Waals surface area contributed by atoms with Gasteiger partial charge in [0.25, 0.3) is 0 Å². The quantitative estimate of drug-likeness (QED) is 0.414. The minimum atomic E-state index is 0.545. The van der Waals surface area contributed by atoms with Crippen molar-refractivity contribution in [2.75, 3.05) is 19.6 Å². The van der Waals surface area contributed by atoms with E-state index in [1.54, 1.807) is 12.0 Å². The molecule has 9 heavy (non-hydrogen) atoms. The lowest BCUT2D eigenvalue weighted by Crippen LogP contribution is -2.43. The zero-order valence-electron chi connectivity index (χ0n) is 4.87. The summed E-state index contributed by atoms with van der Waals surface area (Å²) in [5, 5.41) is 3.85. The minimum Gasteiger partial charge on any atom is -0.313 e. The van der Waals surface area contributed by atoms with Crippen molar-refractivity contribution in [3.05, 3.63) is 0 Å². The largest absolute Gasteiger partial charge is 0.313 e. The van der Waals surface area contributed by atoms with E-state index in [1.807, 2.05) is 0 Å². The standard InChI is InChI=1S/C4H8N2OS2/c1-2-6-4(3-5-1)8-7-9-6/h4-5H,1-3H2. The van der Waals surface area contributed by atoms with Crippen molar-refractivity contribution in [3.8, 4) is 0 Å². The third-order valence-electron chi connectivity index (χ3n) is 1.43. The Morgan fingerprint density at radius 3 is 3.56 bits per heavy atom. The van der Waals surface area contributed by atoms with Crippen LogP contribution in [0.5, 0.6) is 0 Å². The average molecular weight is 164 g/mol. The van der Waals surface area contributed by atoms with E-state index in [-0.39, 0.29) is 0 Å². The van der Waals surface area contributed by atoms with Gasteiger partial charge in [-0.3, -0.25) is 0 Å². The molecule has 0 spiro atoms. The van der Waals surface area contributed by atoms with Crippen LogP contribution in [0.3, 0.4) is 0 Å². The normalized spacial score (nSPS) is 36.7. The Morgan fingerprint density at radius 2 is 2.67 bits per heavy atom. The summed E-state index contributed by atoms with van der Waals surface area (Å²) in [6.07, 6.45) is 0. The number of rotatable bonds is 0. The van der Waals surface area contributed by atoms with Crippen LogP contribution in [-0.4, -0.2) is 29.3 Å². The molecule has 2 saturated heterocycles. The molecule has 1 atom stereocenters. The van der Waals surface area contributed by atoms with Crippen molar-refractivity contribution in [1.29, 1.82) is 0 Å². The molecule has 0 bridgehead atoms. The molecule has 2 rings (SSSR count). The van der Waals surface area contributed by atoms with Gasteiger partial charge in [0.1, 0.15) is 5.37 Å². The van der Waals surface area contributed by atoms with E-state index >= 15 is 0 Å². The van der Waals surface area contributed by atoms with E-state index in [0.717, 1.165) is 19.6 Å². The molecule has 0 radical (unpaired) electrons. The summed E-state index contributed by atoms with van der Waals surface area (Å²) in [6, 6.07) is 0. The smallest absolute Gasteiger partial charge is 0.108 e. The van der Waals surface area contributed by atoms with Crippen molar-refractivity contribution in [1.82, 2.24) is 9.62 Å². The van der Waals surface area contributed by atoms with Crippen molar-refractivity contribution >= 4 is 24.3 Å². The molecule has 0 aromatic carbocycles. The number of nitrogens with one attached hydrogen (secondary N) is 1. The van der Waals surface area contributed by atoms with Crippen molar-refractivity contribution in [2.24, 2.45) is 0 Å². The first-order chi connectivity index (χ1) is 4.47. The maximum atomic E-state index is 5.11. The molecule has 0 saturated carbocycles. The number of nitrogens with zero attached hydrogens (tertiary/aromatic N) is 1. The third-order valence-corrected chi connectivity index (χ3v) is 3.39. The number of hydrogen-bond donors (Lipinski definition) is 1. The Bertz CT molecular complexity index is 101. The van der Waals surface area contributed by atoms with E-state index in [2.05, 4.69) is 9.62 Å². The zero-order chi connectivity index (χ0) is 6.10. The molecular formula is C4H8N2OS2. The van der Waals surface area contributed by atoms with E-state index in [9.17, 15) is 0 Å². The lowest BCUT2D eigenvalue weighted by Gasteiger charge is -2.24. The Kier molecular flexibility index (Phi) is 1.87. The zero-order valence-corrected chi connectivity index (χ0v) is 6.50. The van der Waals surface area contributed by atoms with Gasteiger partial charge in [-0.2, -0.15) is 0 Å². The SMILES string of the molecule is C1CN2SOSC2CN1. The molecule has 0 aromatic rings. The van der Waals surface area contributed by atoms with Gasteiger partial charge in [0.2, 0.25) is 0 Å². The Labute approximate surface area is 63.0 Å². The second-order valence-corrected chi connectivity index (χ2v) is 3.94. The van der Waals surface area contributed by atoms with Crippen LogP contribution in [0.15, 0.2) is 0 Å². The summed E-state index contributed by atoms with van der Waals surface area (Å²) in [5.74, 6) is 0. The van der Waals surface area contributed by atoms with Gasteiger partial charge in [0.05, 0.1) is 12.2 Å². The highest BCUT2D eigenvalue weighted by atomic mass is 32.2. The van der Waals surface area contributed by atoms with Gasteiger partial charge >= 0.3 is 0 Å². The van der Waals surface area contributed by atoms with Gasteiger partial charge < -0.3 is 5.32 Å². The highest BCUT2D eigenvalue weighted by Crippen LogP contribution is 2.37. The molecule has 3 nitrogen and oxygen atoms in total. The predicted octanol–water partition coefficient (Wildman–Crippen LogP) is 0.459. The predicted molar refractivity (Wildman–Crippen MR) is 39.6 cm³/mol. The maximum absolute atomic E-state index is 5.11. The first-order valence-electron chi connectivity index (χ1n) is 2.94. The molecule has 2 heterocycles. The van der Waals surface area contributed by atoms with Gasteiger partial charge in [-0.25, -0.2) is 7.93 Å². The van der Waals surface area contributed by atoms with Crippen LogP contribution in [0.2, 0.25) is 0 Å². The van der Waals surface area contributed by atoms with E-state index < -0.39 is 0 Å². The van der Waals surface area contributed by atoms with Gasteiger partial charge in [0, 0.05) is 31.7 Å². The molecule has 0 aliphatic carbocycles. The second kappa shape index (κ2) is 2.67. The van der Waals surface area contributed by atoms with Crippen LogP contribution < -0.4 is 5.32 Å². The van der Waals surface area contributed by atoms with E-state index in [4.69, 9.17) is 3.63 Å². The topological polar surface area (TPSA) is 24.5 Å². The third kappa shape index (κ3) is 1.20. The number of piperazine rings is 1. The fraction of sp³-hybridized carbons (Fsp3) is 1.00. The second-order valence-electron chi connectivity index (χ2n) is 2.04. The Hall–Kier alpha value is 0.580. The van der Waals surface area contributed by atoms with E-state index in [1.165, 1.54) is 12.2 Å². The molecule has 52 valence electrons. The van der Waals surface area contributed by atoms with Gasteiger partial charge in [-0.15, -0.1) is 0 Å². The molecule has 0 aromatic heterocycles. The van der Waals surface area contributed by atoms with Crippen LogP contribution >= 0.6 is 24.3 Å². The first kappa shape index (κ1) is 6.30. The molecule has 5 heteroatoms. The lowest BCUT2D eigenvalue weighted by molar-refractivity contribution is 0.373. The van der Waals surface area contributed by atoms with Crippen molar-refractivity contribution < 1.29 is 3.63 Å². The maximum Gasteiger partial charge on any atom is 0.108 e. The molecule has 0 amide bonds. The van der Waals surface area contributed by atoms with Crippen LogP contribution in [0.25, 0.3) is 0 Å². The highest BCUT2D eigenvalue weighted by molar-refractivity contribution is 8.10. The summed E-state index contributed by atoms with van der Waals surface area (Å²) in [7, 11) is 0. The lowest BCUT2D eigenvalue weighted by atomic mass is 10.4. The van der Waals surface area contributed by atoms with E-state index in [0.29, 0.717) is 5.37 Å². The van der Waals surface area contributed by atoms with Gasteiger partial charge in [-0.05, 0) is 0 Å². The molecular weight excluding hydrogens is 156 g/mol. The van der Waals surface area contributed by atoms with Crippen LogP contribution in [0.4, 0.5) is 0 Å². The minimum absolute atomic E-state index is 0.545. The van der Waals surface area contributed by atoms with Gasteiger partial charge in [0.15, 0.2) is 0 Å². The average Bonchev–Trinajstić information content (AvgIpc) is 2.33. The summed E-state index contributed by atoms with van der Waals surface area (Å²) in [4.78, 5) is 0. The van der Waals surface area contributed by atoms with Crippen LogP contribution in [0.1, 0.15) is 0 Å². The fourth-order valence-electron chi connectivity index (χ4n) is 0.930. The number of hydrogen-bond acceptors (Lipinski definition) is 5. The van der Waals surface area contributed by atoms with Crippen molar-refractivity contribution in [3.63, 3.8) is 0 Å². The molecule has 2 aliphatic rings. The van der Waals surface area contributed by atoms with Crippen LogP contribution in [0, 0.1) is 0 Å². The fourth-order valence-corrected chi connectivity index (χ4v) is 2.68. The summed E-state index contributed by atoms with van der Waals surface area (Å²) in [6.45, 7) is 3.24.